The normalized spacial score (nSPS) is 15.9. The maximum atomic E-state index is 13.0. The molecule has 0 N–H and O–H groups in total. The second-order valence-corrected chi connectivity index (χ2v) is 9.90. The lowest BCUT2D eigenvalue weighted by Crippen LogP contribution is -2.48. The van der Waals surface area contributed by atoms with Crippen molar-refractivity contribution >= 4 is 10.0 Å². The van der Waals surface area contributed by atoms with Gasteiger partial charge in [0.2, 0.25) is 21.7 Å². The number of aryl methyl sites for hydroxylation is 3. The van der Waals surface area contributed by atoms with E-state index < -0.39 is 10.0 Å². The van der Waals surface area contributed by atoms with Gasteiger partial charge >= 0.3 is 0 Å². The molecule has 0 atom stereocenters. The van der Waals surface area contributed by atoms with Crippen molar-refractivity contribution in [1.82, 2.24) is 19.3 Å². The number of nitrogens with zero attached hydrogens (tertiary/aromatic N) is 4. The lowest BCUT2D eigenvalue weighted by atomic mass is 10.2. The van der Waals surface area contributed by atoms with Gasteiger partial charge in [-0.2, -0.15) is 9.29 Å². The Labute approximate surface area is 183 Å². The van der Waals surface area contributed by atoms with Crippen molar-refractivity contribution in [3.63, 3.8) is 0 Å². The summed E-state index contributed by atoms with van der Waals surface area (Å²) in [5, 5.41) is 4.06. The second kappa shape index (κ2) is 9.30. The second-order valence-electron chi connectivity index (χ2n) is 8.00. The predicted octanol–water partition coefficient (Wildman–Crippen LogP) is 3.29. The smallest absolute Gasteiger partial charge is 0.243 e. The average Bonchev–Trinajstić information content (AvgIpc) is 3.23. The zero-order valence-corrected chi connectivity index (χ0v) is 18.8. The van der Waals surface area contributed by atoms with E-state index in [1.54, 1.807) is 10.4 Å². The minimum atomic E-state index is -3.45. The van der Waals surface area contributed by atoms with Crippen LogP contribution >= 0.6 is 0 Å². The summed E-state index contributed by atoms with van der Waals surface area (Å²) in [7, 11) is -3.45. The fraction of sp³-hybridized carbons (Fsp3) is 0.391. The molecule has 2 aromatic carbocycles. The maximum absolute atomic E-state index is 13.0. The van der Waals surface area contributed by atoms with E-state index in [-0.39, 0.29) is 0 Å². The summed E-state index contributed by atoms with van der Waals surface area (Å²) in [5.74, 6) is 1.25. The molecular formula is C23H28N4O3S. The van der Waals surface area contributed by atoms with Gasteiger partial charge in [0, 0.05) is 38.2 Å². The molecule has 0 amide bonds. The molecule has 0 spiro atoms. The molecular weight excluding hydrogens is 412 g/mol. The molecule has 0 aliphatic carbocycles. The summed E-state index contributed by atoms with van der Waals surface area (Å²) in [5.41, 5.74) is 2.81. The monoisotopic (exact) mass is 440 g/mol. The van der Waals surface area contributed by atoms with Crippen LogP contribution in [0.25, 0.3) is 11.4 Å². The van der Waals surface area contributed by atoms with E-state index in [0.29, 0.717) is 36.1 Å². The Morgan fingerprint density at radius 3 is 2.45 bits per heavy atom. The van der Waals surface area contributed by atoms with Gasteiger partial charge in [0.25, 0.3) is 0 Å². The van der Waals surface area contributed by atoms with Gasteiger partial charge in [-0.1, -0.05) is 53.2 Å². The van der Waals surface area contributed by atoms with Crippen molar-refractivity contribution in [1.29, 1.82) is 0 Å². The predicted molar refractivity (Wildman–Crippen MR) is 119 cm³/mol. The Bertz CT molecular complexity index is 1120. The fourth-order valence-electron chi connectivity index (χ4n) is 3.94. The first-order chi connectivity index (χ1) is 14.9. The standard InChI is InChI=1S/C23H28N4O3S/c1-18-10-11-21(19(2)17-18)31(28,29)27-15-13-26(14-16-27)12-6-9-22-24-23(25-30-22)20-7-4-3-5-8-20/h3-5,7-8,10-11,17H,6,9,12-16H2,1-2H3. The quantitative estimate of drug-likeness (QED) is 0.561. The summed E-state index contributed by atoms with van der Waals surface area (Å²) < 4.78 is 33.0. The molecule has 1 aromatic heterocycles. The van der Waals surface area contributed by atoms with Crippen LogP contribution in [0, 0.1) is 13.8 Å². The molecule has 164 valence electrons. The van der Waals surface area contributed by atoms with Gasteiger partial charge in [0.05, 0.1) is 4.90 Å². The van der Waals surface area contributed by atoms with Crippen LogP contribution in [-0.4, -0.2) is 60.5 Å². The zero-order valence-electron chi connectivity index (χ0n) is 18.0. The van der Waals surface area contributed by atoms with Crippen LogP contribution in [0.1, 0.15) is 23.4 Å². The highest BCUT2D eigenvalue weighted by atomic mass is 32.2. The number of piperazine rings is 1. The summed E-state index contributed by atoms with van der Waals surface area (Å²) in [4.78, 5) is 7.18. The van der Waals surface area contributed by atoms with Crippen molar-refractivity contribution in [2.24, 2.45) is 0 Å². The molecule has 1 saturated heterocycles. The van der Waals surface area contributed by atoms with E-state index in [9.17, 15) is 8.42 Å². The molecule has 3 aromatic rings. The number of aromatic nitrogens is 2. The van der Waals surface area contributed by atoms with Gasteiger partial charge in [-0.3, -0.25) is 0 Å². The van der Waals surface area contributed by atoms with E-state index in [1.807, 2.05) is 56.3 Å². The Balaban J connectivity index is 1.27. The number of hydrogen-bond donors (Lipinski definition) is 0. The minimum Gasteiger partial charge on any atom is -0.339 e. The van der Waals surface area contributed by atoms with E-state index in [4.69, 9.17) is 4.52 Å². The highest BCUT2D eigenvalue weighted by Crippen LogP contribution is 2.22. The Kier molecular flexibility index (Phi) is 6.50. The lowest BCUT2D eigenvalue weighted by molar-refractivity contribution is 0.185. The van der Waals surface area contributed by atoms with Gasteiger partial charge in [-0.15, -0.1) is 0 Å². The molecule has 0 saturated carbocycles. The molecule has 0 bridgehead atoms. The molecule has 1 aliphatic rings. The Hall–Kier alpha value is -2.55. The molecule has 1 fully saturated rings. The average molecular weight is 441 g/mol. The van der Waals surface area contributed by atoms with Crippen LogP contribution in [-0.2, 0) is 16.4 Å². The first kappa shape index (κ1) is 21.7. The number of sulfonamides is 1. The van der Waals surface area contributed by atoms with Gasteiger partial charge in [0.1, 0.15) is 0 Å². The van der Waals surface area contributed by atoms with Crippen molar-refractivity contribution in [3.05, 3.63) is 65.5 Å². The third kappa shape index (κ3) is 5.03. The summed E-state index contributed by atoms with van der Waals surface area (Å²) in [6.45, 7) is 7.17. The van der Waals surface area contributed by atoms with E-state index >= 15 is 0 Å². The molecule has 1 aliphatic heterocycles. The SMILES string of the molecule is Cc1ccc(S(=O)(=O)N2CCN(CCCc3nc(-c4ccccc4)no3)CC2)c(C)c1. The van der Waals surface area contributed by atoms with Crippen molar-refractivity contribution in [2.45, 2.75) is 31.6 Å². The molecule has 0 radical (unpaired) electrons. The number of hydrogen-bond acceptors (Lipinski definition) is 6. The van der Waals surface area contributed by atoms with Gasteiger partial charge < -0.3 is 9.42 Å². The first-order valence-electron chi connectivity index (χ1n) is 10.6. The van der Waals surface area contributed by atoms with Crippen LogP contribution in [0.2, 0.25) is 0 Å². The molecule has 7 nitrogen and oxygen atoms in total. The van der Waals surface area contributed by atoms with E-state index in [1.165, 1.54) is 0 Å². The molecule has 2 heterocycles. The highest BCUT2D eigenvalue weighted by molar-refractivity contribution is 7.89. The topological polar surface area (TPSA) is 79.5 Å². The van der Waals surface area contributed by atoms with E-state index in [2.05, 4.69) is 15.0 Å². The minimum absolute atomic E-state index is 0.414. The van der Waals surface area contributed by atoms with Crippen LogP contribution < -0.4 is 0 Å². The van der Waals surface area contributed by atoms with Gasteiger partial charge in [0.15, 0.2) is 0 Å². The summed E-state index contributed by atoms with van der Waals surface area (Å²) >= 11 is 0. The number of benzene rings is 2. The first-order valence-corrected chi connectivity index (χ1v) is 12.1. The Morgan fingerprint density at radius 1 is 1.00 bits per heavy atom. The van der Waals surface area contributed by atoms with Gasteiger partial charge in [-0.05, 0) is 38.4 Å². The lowest BCUT2D eigenvalue weighted by Gasteiger charge is -2.34. The highest BCUT2D eigenvalue weighted by Gasteiger charge is 2.29. The Morgan fingerprint density at radius 2 is 1.74 bits per heavy atom. The summed E-state index contributed by atoms with van der Waals surface area (Å²) in [6, 6.07) is 15.3. The fourth-order valence-corrected chi connectivity index (χ4v) is 5.56. The number of rotatable bonds is 7. The zero-order chi connectivity index (χ0) is 21.8. The third-order valence-corrected chi connectivity index (χ3v) is 7.70. The summed E-state index contributed by atoms with van der Waals surface area (Å²) in [6.07, 6.45) is 1.60. The van der Waals surface area contributed by atoms with Crippen LogP contribution in [0.4, 0.5) is 0 Å². The third-order valence-electron chi connectivity index (χ3n) is 5.64. The van der Waals surface area contributed by atoms with Gasteiger partial charge in [-0.25, -0.2) is 8.42 Å². The van der Waals surface area contributed by atoms with Crippen LogP contribution in [0.15, 0.2) is 57.9 Å². The maximum Gasteiger partial charge on any atom is 0.243 e. The molecule has 4 rings (SSSR count). The van der Waals surface area contributed by atoms with Crippen molar-refractivity contribution < 1.29 is 12.9 Å². The molecule has 0 unspecified atom stereocenters. The van der Waals surface area contributed by atoms with Crippen LogP contribution in [0.3, 0.4) is 0 Å². The van der Waals surface area contributed by atoms with Crippen LogP contribution in [0.5, 0.6) is 0 Å². The van der Waals surface area contributed by atoms with Crippen molar-refractivity contribution in [2.75, 3.05) is 32.7 Å². The van der Waals surface area contributed by atoms with E-state index in [0.717, 1.165) is 42.7 Å². The van der Waals surface area contributed by atoms with Crippen molar-refractivity contribution in [3.8, 4) is 11.4 Å². The molecule has 8 heteroatoms. The molecule has 31 heavy (non-hydrogen) atoms. The largest absolute Gasteiger partial charge is 0.339 e.